The molecule has 0 fully saturated rings. The maximum Gasteiger partial charge on any atom is 0.0952 e. The first-order valence-corrected chi connectivity index (χ1v) is 4.15. The third kappa shape index (κ3) is 2.09. The third-order valence-electron chi connectivity index (χ3n) is 2.26. The van der Waals surface area contributed by atoms with Gasteiger partial charge in [-0.2, -0.15) is 0 Å². The van der Waals surface area contributed by atoms with Crippen LogP contribution in [-0.2, 0) is 4.74 Å². The molecule has 0 aromatic carbocycles. The maximum absolute atomic E-state index is 5.45. The van der Waals surface area contributed by atoms with E-state index in [4.69, 9.17) is 15.0 Å². The van der Waals surface area contributed by atoms with Crippen LogP contribution in [0.2, 0.25) is 0 Å². The highest BCUT2D eigenvalue weighted by atomic mass is 16.5. The number of hydrogen-bond acceptors (Lipinski definition) is 4. The van der Waals surface area contributed by atoms with Gasteiger partial charge in [0.15, 0.2) is 0 Å². The molecule has 13 heavy (non-hydrogen) atoms. The Hall–Kier alpha value is -0.840. The van der Waals surface area contributed by atoms with E-state index in [9.17, 15) is 0 Å². The largest absolute Gasteiger partial charge is 0.472 e. The van der Waals surface area contributed by atoms with E-state index in [0.717, 1.165) is 5.56 Å². The van der Waals surface area contributed by atoms with Crippen LogP contribution >= 0.6 is 0 Å². The van der Waals surface area contributed by atoms with Gasteiger partial charge in [-0.15, -0.1) is 0 Å². The monoisotopic (exact) mass is 184 g/mol. The minimum Gasteiger partial charge on any atom is -0.472 e. The van der Waals surface area contributed by atoms with Crippen molar-refractivity contribution >= 4 is 0 Å². The molecule has 4 nitrogen and oxygen atoms in total. The summed E-state index contributed by atoms with van der Waals surface area (Å²) in [6.45, 7) is 3.93. The van der Waals surface area contributed by atoms with Crippen LogP contribution < -0.4 is 11.3 Å². The highest BCUT2D eigenvalue weighted by Gasteiger charge is 2.30. The zero-order valence-corrected chi connectivity index (χ0v) is 8.20. The average molecular weight is 184 g/mol. The molecule has 3 N–H and O–H groups in total. The van der Waals surface area contributed by atoms with Crippen molar-refractivity contribution in [2.75, 3.05) is 7.11 Å². The zero-order chi connectivity index (χ0) is 9.90. The molecule has 74 valence electrons. The number of nitrogens with one attached hydrogen (secondary N) is 1. The fourth-order valence-corrected chi connectivity index (χ4v) is 1.26. The van der Waals surface area contributed by atoms with Crippen LogP contribution in [0.1, 0.15) is 25.5 Å². The lowest BCUT2D eigenvalue weighted by Gasteiger charge is -2.31. The van der Waals surface area contributed by atoms with Crippen molar-refractivity contribution in [2.45, 2.75) is 25.5 Å². The number of hydrogen-bond donors (Lipinski definition) is 2. The molecule has 0 aliphatic heterocycles. The Bertz CT molecular complexity index is 244. The predicted molar refractivity (Wildman–Crippen MR) is 49.9 cm³/mol. The molecule has 1 rings (SSSR count). The molecule has 1 unspecified atom stereocenters. The Kier molecular flexibility index (Phi) is 3.08. The summed E-state index contributed by atoms with van der Waals surface area (Å²) in [5.74, 6) is 5.45. The van der Waals surface area contributed by atoms with Crippen molar-refractivity contribution in [3.05, 3.63) is 24.2 Å². The smallest absolute Gasteiger partial charge is 0.0952 e. The fraction of sp³-hybridized carbons (Fsp3) is 0.556. The number of ether oxygens (including phenoxy) is 1. The molecular formula is C9H16N2O2. The molecule has 1 heterocycles. The summed E-state index contributed by atoms with van der Waals surface area (Å²) in [7, 11) is 1.66. The summed E-state index contributed by atoms with van der Waals surface area (Å²) in [6, 6.07) is 1.79. The van der Waals surface area contributed by atoms with E-state index in [-0.39, 0.29) is 11.6 Å². The molecule has 0 spiro atoms. The minimum absolute atomic E-state index is 0.0729. The van der Waals surface area contributed by atoms with E-state index >= 15 is 0 Å². The molecule has 0 aliphatic carbocycles. The summed E-state index contributed by atoms with van der Waals surface area (Å²) in [4.78, 5) is 0. The van der Waals surface area contributed by atoms with Gasteiger partial charge in [0.05, 0.1) is 24.2 Å². The molecule has 0 radical (unpaired) electrons. The Morgan fingerprint density at radius 3 is 2.69 bits per heavy atom. The average Bonchev–Trinajstić information content (AvgIpc) is 2.58. The Morgan fingerprint density at radius 1 is 1.62 bits per heavy atom. The molecular weight excluding hydrogens is 168 g/mol. The standard InChI is InChI=1S/C9H16N2O2/c1-9(2,12-3)8(11-10)7-4-5-13-6-7/h4-6,8,11H,10H2,1-3H3. The van der Waals surface area contributed by atoms with Gasteiger partial charge in [0.25, 0.3) is 0 Å². The summed E-state index contributed by atoms with van der Waals surface area (Å²) < 4.78 is 10.3. The van der Waals surface area contributed by atoms with Crippen molar-refractivity contribution in [2.24, 2.45) is 5.84 Å². The van der Waals surface area contributed by atoms with E-state index in [1.54, 1.807) is 19.6 Å². The molecule has 1 aromatic heterocycles. The van der Waals surface area contributed by atoms with Crippen molar-refractivity contribution < 1.29 is 9.15 Å². The molecule has 0 bridgehead atoms. The number of furan rings is 1. The SMILES string of the molecule is COC(C)(C)C(NN)c1ccoc1. The van der Waals surface area contributed by atoms with E-state index in [1.165, 1.54) is 0 Å². The quantitative estimate of drug-likeness (QED) is 0.545. The molecule has 0 saturated carbocycles. The first kappa shape index (κ1) is 10.2. The number of methoxy groups -OCH3 is 1. The molecule has 1 atom stereocenters. The van der Waals surface area contributed by atoms with Gasteiger partial charge in [0.1, 0.15) is 0 Å². The van der Waals surface area contributed by atoms with Crippen molar-refractivity contribution in [3.63, 3.8) is 0 Å². The van der Waals surface area contributed by atoms with Crippen molar-refractivity contribution in [1.82, 2.24) is 5.43 Å². The second kappa shape index (κ2) is 3.91. The first-order chi connectivity index (χ1) is 6.11. The van der Waals surface area contributed by atoms with E-state index in [1.807, 2.05) is 19.9 Å². The fourth-order valence-electron chi connectivity index (χ4n) is 1.26. The van der Waals surface area contributed by atoms with Gasteiger partial charge in [-0.05, 0) is 19.9 Å². The van der Waals surface area contributed by atoms with Crippen LogP contribution in [0.4, 0.5) is 0 Å². The van der Waals surface area contributed by atoms with Gasteiger partial charge in [0.2, 0.25) is 0 Å². The van der Waals surface area contributed by atoms with Crippen molar-refractivity contribution in [1.29, 1.82) is 0 Å². The predicted octanol–water partition coefficient (Wildman–Crippen LogP) is 1.21. The first-order valence-electron chi connectivity index (χ1n) is 4.15. The topological polar surface area (TPSA) is 60.4 Å². The van der Waals surface area contributed by atoms with Crippen LogP contribution in [0.5, 0.6) is 0 Å². The Morgan fingerprint density at radius 2 is 2.31 bits per heavy atom. The van der Waals surface area contributed by atoms with Crippen LogP contribution in [0.25, 0.3) is 0 Å². The van der Waals surface area contributed by atoms with Gasteiger partial charge in [-0.1, -0.05) is 0 Å². The second-order valence-electron chi connectivity index (χ2n) is 3.46. The van der Waals surface area contributed by atoms with Gasteiger partial charge in [-0.25, -0.2) is 5.43 Å². The van der Waals surface area contributed by atoms with Crippen LogP contribution in [0.15, 0.2) is 23.0 Å². The van der Waals surface area contributed by atoms with Gasteiger partial charge < -0.3 is 9.15 Å². The summed E-state index contributed by atoms with van der Waals surface area (Å²) >= 11 is 0. The van der Waals surface area contributed by atoms with Gasteiger partial charge in [0, 0.05) is 12.7 Å². The van der Waals surface area contributed by atoms with Crippen LogP contribution in [0.3, 0.4) is 0 Å². The third-order valence-corrected chi connectivity index (χ3v) is 2.26. The Labute approximate surface area is 78.0 Å². The maximum atomic E-state index is 5.45. The lowest BCUT2D eigenvalue weighted by atomic mass is 9.94. The van der Waals surface area contributed by atoms with E-state index < -0.39 is 0 Å². The lowest BCUT2D eigenvalue weighted by Crippen LogP contribution is -2.43. The van der Waals surface area contributed by atoms with Crippen molar-refractivity contribution in [3.8, 4) is 0 Å². The lowest BCUT2D eigenvalue weighted by molar-refractivity contribution is -0.0113. The van der Waals surface area contributed by atoms with Gasteiger partial charge in [-0.3, -0.25) is 5.84 Å². The number of hydrazine groups is 1. The highest BCUT2D eigenvalue weighted by Crippen LogP contribution is 2.27. The minimum atomic E-state index is -0.362. The molecule has 1 aromatic rings. The van der Waals surface area contributed by atoms with Gasteiger partial charge >= 0.3 is 0 Å². The molecule has 0 aliphatic rings. The summed E-state index contributed by atoms with van der Waals surface area (Å²) in [5, 5.41) is 0. The summed E-state index contributed by atoms with van der Waals surface area (Å²) in [6.07, 6.45) is 3.27. The van der Waals surface area contributed by atoms with E-state index in [2.05, 4.69) is 5.43 Å². The zero-order valence-electron chi connectivity index (χ0n) is 8.20. The number of rotatable bonds is 4. The molecule has 0 amide bonds. The molecule has 4 heteroatoms. The normalized spacial score (nSPS) is 14.5. The number of nitrogens with two attached hydrogens (primary N) is 1. The highest BCUT2D eigenvalue weighted by molar-refractivity contribution is 5.15. The van der Waals surface area contributed by atoms with Crippen LogP contribution in [-0.4, -0.2) is 12.7 Å². The molecule has 0 saturated heterocycles. The Balaban J connectivity index is 2.86. The summed E-state index contributed by atoms with van der Waals surface area (Å²) in [5.41, 5.74) is 3.33. The second-order valence-corrected chi connectivity index (χ2v) is 3.46. The van der Waals surface area contributed by atoms with E-state index in [0.29, 0.717) is 0 Å². The van der Waals surface area contributed by atoms with Crippen LogP contribution in [0, 0.1) is 0 Å².